The number of hydrogen-bond acceptors (Lipinski definition) is 3. The molecule has 0 aliphatic rings. The Kier molecular flexibility index (Phi) is 5.17. The fourth-order valence-electron chi connectivity index (χ4n) is 2.04. The lowest BCUT2D eigenvalue weighted by Crippen LogP contribution is -2.21. The van der Waals surface area contributed by atoms with Gasteiger partial charge in [-0.2, -0.15) is 0 Å². The Balaban J connectivity index is 2.29. The minimum Gasteiger partial charge on any atom is -0.497 e. The lowest BCUT2D eigenvalue weighted by Gasteiger charge is -2.15. The van der Waals surface area contributed by atoms with Crippen LogP contribution in [0.25, 0.3) is 0 Å². The molecule has 0 aliphatic heterocycles. The molecule has 0 amide bonds. The molecule has 2 N–H and O–H groups in total. The van der Waals surface area contributed by atoms with Crippen LogP contribution in [0.1, 0.15) is 18.9 Å². The van der Waals surface area contributed by atoms with Crippen LogP contribution in [0.2, 0.25) is 0 Å². The summed E-state index contributed by atoms with van der Waals surface area (Å²) in [6.45, 7) is 2.01. The van der Waals surface area contributed by atoms with Crippen molar-refractivity contribution >= 4 is 0 Å². The molecule has 0 saturated heterocycles. The second kappa shape index (κ2) is 7.09. The van der Waals surface area contributed by atoms with E-state index in [4.69, 9.17) is 15.2 Å². The third-order valence-corrected chi connectivity index (χ3v) is 3.32. The summed E-state index contributed by atoms with van der Waals surface area (Å²) >= 11 is 0. The van der Waals surface area contributed by atoms with Crippen LogP contribution in [0.15, 0.2) is 42.5 Å². The molecule has 0 spiro atoms. The molecule has 0 radical (unpaired) electrons. The normalized spacial score (nSPS) is 12.0. The van der Waals surface area contributed by atoms with Crippen LogP contribution >= 0.6 is 0 Å². The van der Waals surface area contributed by atoms with Crippen LogP contribution in [-0.2, 0) is 6.42 Å². The molecule has 0 fully saturated rings. The first kappa shape index (κ1) is 15.3. The first-order valence-corrected chi connectivity index (χ1v) is 6.99. The van der Waals surface area contributed by atoms with Gasteiger partial charge in [-0.3, -0.25) is 0 Å². The monoisotopic (exact) mass is 289 g/mol. The second-order valence-corrected chi connectivity index (χ2v) is 4.88. The van der Waals surface area contributed by atoms with E-state index in [0.717, 1.165) is 12.0 Å². The van der Waals surface area contributed by atoms with Gasteiger partial charge in [0.05, 0.1) is 7.11 Å². The highest BCUT2D eigenvalue weighted by Gasteiger charge is 2.13. The fourth-order valence-corrected chi connectivity index (χ4v) is 2.04. The standard InChI is InChI=1S/C17H20FNO2/c1-3-13(19)10-12-6-4-9-16(18)17(12)21-15-8-5-7-14(11-15)20-2/h4-9,11,13H,3,10,19H2,1-2H3. The highest BCUT2D eigenvalue weighted by atomic mass is 19.1. The van der Waals surface area contributed by atoms with Crippen LogP contribution in [0, 0.1) is 5.82 Å². The maximum Gasteiger partial charge on any atom is 0.166 e. The average molecular weight is 289 g/mol. The summed E-state index contributed by atoms with van der Waals surface area (Å²) in [6, 6.07) is 12.0. The Labute approximate surface area is 124 Å². The summed E-state index contributed by atoms with van der Waals surface area (Å²) in [5.41, 5.74) is 6.74. The summed E-state index contributed by atoms with van der Waals surface area (Å²) in [5, 5.41) is 0. The van der Waals surface area contributed by atoms with Gasteiger partial charge in [-0.1, -0.05) is 25.1 Å². The van der Waals surface area contributed by atoms with Crippen LogP contribution in [0.4, 0.5) is 4.39 Å². The largest absolute Gasteiger partial charge is 0.497 e. The van der Waals surface area contributed by atoms with E-state index in [0.29, 0.717) is 17.9 Å². The molecular formula is C17H20FNO2. The minimum absolute atomic E-state index is 0.0144. The van der Waals surface area contributed by atoms with Gasteiger partial charge in [-0.15, -0.1) is 0 Å². The van der Waals surface area contributed by atoms with Crippen molar-refractivity contribution in [2.24, 2.45) is 5.73 Å². The quantitative estimate of drug-likeness (QED) is 0.877. The number of benzene rings is 2. The SMILES string of the molecule is CCC(N)Cc1cccc(F)c1Oc1cccc(OC)c1. The molecule has 3 nitrogen and oxygen atoms in total. The van der Waals surface area contributed by atoms with Crippen LogP contribution < -0.4 is 15.2 Å². The minimum atomic E-state index is -0.390. The number of nitrogens with two attached hydrogens (primary N) is 1. The number of rotatable bonds is 6. The van der Waals surface area contributed by atoms with Crippen molar-refractivity contribution in [1.29, 1.82) is 0 Å². The maximum absolute atomic E-state index is 14.1. The van der Waals surface area contributed by atoms with Crippen LogP contribution in [-0.4, -0.2) is 13.2 Å². The lowest BCUT2D eigenvalue weighted by molar-refractivity contribution is 0.403. The van der Waals surface area contributed by atoms with E-state index < -0.39 is 5.82 Å². The van der Waals surface area contributed by atoms with E-state index in [1.165, 1.54) is 6.07 Å². The molecule has 2 aromatic rings. The van der Waals surface area contributed by atoms with Gasteiger partial charge in [0.25, 0.3) is 0 Å². The Bertz CT molecular complexity index is 601. The summed E-state index contributed by atoms with van der Waals surface area (Å²) in [7, 11) is 1.58. The number of para-hydroxylation sites is 1. The van der Waals surface area contributed by atoms with Crippen molar-refractivity contribution < 1.29 is 13.9 Å². The summed E-state index contributed by atoms with van der Waals surface area (Å²) < 4.78 is 24.9. The van der Waals surface area contributed by atoms with Gasteiger partial charge in [0, 0.05) is 12.1 Å². The topological polar surface area (TPSA) is 44.5 Å². The first-order valence-electron chi connectivity index (χ1n) is 6.99. The number of halogens is 1. The summed E-state index contributed by atoms with van der Waals surface area (Å²) in [6.07, 6.45) is 1.41. The van der Waals surface area contributed by atoms with Crippen molar-refractivity contribution in [3.63, 3.8) is 0 Å². The molecule has 4 heteroatoms. The predicted molar refractivity (Wildman–Crippen MR) is 81.4 cm³/mol. The van der Waals surface area contributed by atoms with Gasteiger partial charge in [-0.05, 0) is 36.6 Å². The van der Waals surface area contributed by atoms with Crippen molar-refractivity contribution in [1.82, 2.24) is 0 Å². The zero-order chi connectivity index (χ0) is 15.2. The van der Waals surface area contributed by atoms with E-state index in [1.54, 1.807) is 31.4 Å². The predicted octanol–water partition coefficient (Wildman–Crippen LogP) is 3.91. The molecule has 0 aromatic heterocycles. The fraction of sp³-hybridized carbons (Fsp3) is 0.294. The first-order chi connectivity index (χ1) is 10.1. The second-order valence-electron chi connectivity index (χ2n) is 4.88. The van der Waals surface area contributed by atoms with Crippen LogP contribution in [0.5, 0.6) is 17.2 Å². The molecule has 0 heterocycles. The molecule has 0 bridgehead atoms. The molecule has 112 valence electrons. The van der Waals surface area contributed by atoms with E-state index >= 15 is 0 Å². The Hall–Kier alpha value is -2.07. The van der Waals surface area contributed by atoms with Crippen molar-refractivity contribution in [3.05, 3.63) is 53.8 Å². The molecule has 0 aliphatic carbocycles. The molecule has 21 heavy (non-hydrogen) atoms. The van der Waals surface area contributed by atoms with Gasteiger partial charge >= 0.3 is 0 Å². The maximum atomic E-state index is 14.1. The van der Waals surface area contributed by atoms with Gasteiger partial charge in [0.1, 0.15) is 11.5 Å². The van der Waals surface area contributed by atoms with Crippen molar-refractivity contribution in [2.45, 2.75) is 25.8 Å². The van der Waals surface area contributed by atoms with E-state index in [2.05, 4.69) is 0 Å². The lowest BCUT2D eigenvalue weighted by atomic mass is 10.0. The van der Waals surface area contributed by atoms with Gasteiger partial charge in [0.15, 0.2) is 11.6 Å². The zero-order valence-corrected chi connectivity index (χ0v) is 12.3. The molecule has 2 rings (SSSR count). The van der Waals surface area contributed by atoms with E-state index in [1.807, 2.05) is 19.1 Å². The van der Waals surface area contributed by atoms with Gasteiger partial charge in [-0.25, -0.2) is 4.39 Å². The third kappa shape index (κ3) is 3.95. The number of ether oxygens (including phenoxy) is 2. The van der Waals surface area contributed by atoms with Crippen molar-refractivity contribution in [3.8, 4) is 17.2 Å². The highest BCUT2D eigenvalue weighted by molar-refractivity contribution is 5.41. The smallest absolute Gasteiger partial charge is 0.166 e. The molecular weight excluding hydrogens is 269 g/mol. The van der Waals surface area contributed by atoms with Crippen molar-refractivity contribution in [2.75, 3.05) is 7.11 Å². The van der Waals surface area contributed by atoms with Gasteiger partial charge in [0.2, 0.25) is 0 Å². The molecule has 1 unspecified atom stereocenters. The Morgan fingerprint density at radius 2 is 1.86 bits per heavy atom. The number of methoxy groups -OCH3 is 1. The third-order valence-electron chi connectivity index (χ3n) is 3.32. The highest BCUT2D eigenvalue weighted by Crippen LogP contribution is 2.31. The average Bonchev–Trinajstić information content (AvgIpc) is 2.50. The molecule has 1 atom stereocenters. The number of hydrogen-bond donors (Lipinski definition) is 1. The Morgan fingerprint density at radius 1 is 1.14 bits per heavy atom. The molecule has 2 aromatic carbocycles. The molecule has 0 saturated carbocycles. The van der Waals surface area contributed by atoms with Crippen LogP contribution in [0.3, 0.4) is 0 Å². The van der Waals surface area contributed by atoms with E-state index in [9.17, 15) is 4.39 Å². The summed E-state index contributed by atoms with van der Waals surface area (Å²) in [4.78, 5) is 0. The van der Waals surface area contributed by atoms with E-state index in [-0.39, 0.29) is 11.8 Å². The summed E-state index contributed by atoms with van der Waals surface area (Å²) in [5.74, 6) is 1.04. The van der Waals surface area contributed by atoms with Gasteiger partial charge < -0.3 is 15.2 Å². The Morgan fingerprint density at radius 3 is 2.57 bits per heavy atom. The zero-order valence-electron chi connectivity index (χ0n) is 12.3.